The first-order valence-corrected chi connectivity index (χ1v) is 7.00. The van der Waals surface area contributed by atoms with Gasteiger partial charge in [-0.1, -0.05) is 12.1 Å². The summed E-state index contributed by atoms with van der Waals surface area (Å²) in [7, 11) is 1.76. The number of benzene rings is 1. The number of fused-ring (bicyclic) bond motifs is 1. The monoisotopic (exact) mass is 287 g/mol. The van der Waals surface area contributed by atoms with Gasteiger partial charge in [-0.3, -0.25) is 0 Å². The molecule has 1 aliphatic heterocycles. The molecule has 2 aromatic rings. The van der Waals surface area contributed by atoms with Crippen LogP contribution in [0.4, 0.5) is 4.39 Å². The van der Waals surface area contributed by atoms with Gasteiger partial charge in [-0.15, -0.1) is 5.10 Å². The molecule has 3 rings (SSSR count). The lowest BCUT2D eigenvalue weighted by atomic mass is 9.94. The van der Waals surface area contributed by atoms with E-state index < -0.39 is 0 Å². The number of aromatic nitrogens is 3. The molecular weight excluding hydrogens is 269 g/mol. The van der Waals surface area contributed by atoms with Gasteiger partial charge in [0.25, 0.3) is 0 Å². The Bertz CT molecular complexity index is 704. The molecule has 0 saturated heterocycles. The predicted octanol–water partition coefficient (Wildman–Crippen LogP) is 2.10. The van der Waals surface area contributed by atoms with Crippen LogP contribution in [0.2, 0.25) is 0 Å². The highest BCUT2D eigenvalue weighted by molar-refractivity contribution is 5.76. The van der Waals surface area contributed by atoms with E-state index in [9.17, 15) is 4.39 Å². The van der Waals surface area contributed by atoms with E-state index in [-0.39, 0.29) is 5.82 Å². The molecule has 5 nitrogen and oxygen atoms in total. The molecule has 2 heterocycles. The van der Waals surface area contributed by atoms with Crippen molar-refractivity contribution in [1.29, 1.82) is 0 Å². The van der Waals surface area contributed by atoms with Gasteiger partial charge in [-0.05, 0) is 24.1 Å². The Morgan fingerprint density at radius 3 is 2.86 bits per heavy atom. The molecule has 21 heavy (non-hydrogen) atoms. The van der Waals surface area contributed by atoms with Crippen molar-refractivity contribution >= 4 is 5.70 Å². The fraction of sp³-hybridized carbons (Fsp3) is 0.333. The summed E-state index contributed by atoms with van der Waals surface area (Å²) in [6, 6.07) is 3.20. The molecule has 0 bridgehead atoms. The first-order valence-electron chi connectivity index (χ1n) is 7.00. The Labute approximate surface area is 122 Å². The Kier molecular flexibility index (Phi) is 3.37. The minimum atomic E-state index is -0.273. The van der Waals surface area contributed by atoms with Crippen LogP contribution in [0.1, 0.15) is 24.5 Å². The summed E-state index contributed by atoms with van der Waals surface area (Å²) in [6.45, 7) is 3.64. The van der Waals surface area contributed by atoms with Crippen LogP contribution in [0.15, 0.2) is 24.5 Å². The van der Waals surface area contributed by atoms with Crippen molar-refractivity contribution in [2.75, 3.05) is 6.54 Å². The standard InChI is InChI=1S/C15H18FN5/c1-3-6-21-8-11-10(13(17)9-21)4-5-12(16)15(11)14-7-18-19-20(14)2/h4-5,7,9H,3,6,8,17H2,1-2H3. The summed E-state index contributed by atoms with van der Waals surface area (Å²) in [5.74, 6) is -0.273. The van der Waals surface area contributed by atoms with Crippen LogP contribution in [0.5, 0.6) is 0 Å². The van der Waals surface area contributed by atoms with E-state index in [0.717, 1.165) is 24.1 Å². The fourth-order valence-electron chi connectivity index (χ4n) is 2.79. The maximum Gasteiger partial charge on any atom is 0.133 e. The van der Waals surface area contributed by atoms with Crippen molar-refractivity contribution < 1.29 is 4.39 Å². The topological polar surface area (TPSA) is 60.0 Å². The number of hydrogen-bond donors (Lipinski definition) is 1. The highest BCUT2D eigenvalue weighted by atomic mass is 19.1. The average Bonchev–Trinajstić information content (AvgIpc) is 2.85. The van der Waals surface area contributed by atoms with Gasteiger partial charge in [0.1, 0.15) is 5.82 Å². The molecule has 0 aliphatic carbocycles. The Hall–Kier alpha value is -2.37. The lowest BCUT2D eigenvalue weighted by Gasteiger charge is -2.29. The lowest BCUT2D eigenvalue weighted by molar-refractivity contribution is 0.364. The number of aryl methyl sites for hydroxylation is 1. The summed E-state index contributed by atoms with van der Waals surface area (Å²) >= 11 is 0. The van der Waals surface area contributed by atoms with E-state index in [1.165, 1.54) is 6.07 Å². The number of nitrogens with zero attached hydrogens (tertiary/aromatic N) is 4. The smallest absolute Gasteiger partial charge is 0.133 e. The van der Waals surface area contributed by atoms with E-state index in [4.69, 9.17) is 5.73 Å². The summed E-state index contributed by atoms with van der Waals surface area (Å²) in [5.41, 5.74) is 9.79. The van der Waals surface area contributed by atoms with Crippen molar-refractivity contribution in [3.8, 4) is 11.3 Å². The first-order chi connectivity index (χ1) is 10.1. The summed E-state index contributed by atoms with van der Waals surface area (Å²) in [4.78, 5) is 2.12. The van der Waals surface area contributed by atoms with E-state index >= 15 is 0 Å². The van der Waals surface area contributed by atoms with Crippen LogP contribution in [-0.2, 0) is 13.6 Å². The summed E-state index contributed by atoms with van der Waals surface area (Å²) in [6.07, 6.45) is 4.53. The molecule has 0 saturated carbocycles. The van der Waals surface area contributed by atoms with Crippen molar-refractivity contribution in [2.24, 2.45) is 12.8 Å². The zero-order valence-electron chi connectivity index (χ0n) is 12.2. The number of hydrogen-bond acceptors (Lipinski definition) is 4. The quantitative estimate of drug-likeness (QED) is 0.939. The van der Waals surface area contributed by atoms with Gasteiger partial charge in [-0.2, -0.15) is 0 Å². The zero-order valence-corrected chi connectivity index (χ0v) is 12.2. The molecule has 0 spiro atoms. The van der Waals surface area contributed by atoms with Crippen molar-refractivity contribution in [3.63, 3.8) is 0 Å². The molecule has 0 unspecified atom stereocenters. The van der Waals surface area contributed by atoms with Gasteiger partial charge < -0.3 is 10.6 Å². The second kappa shape index (κ2) is 5.20. The van der Waals surface area contributed by atoms with Gasteiger partial charge >= 0.3 is 0 Å². The van der Waals surface area contributed by atoms with E-state index in [2.05, 4.69) is 22.1 Å². The first kappa shape index (κ1) is 13.6. The SMILES string of the molecule is CCCN1C=C(N)c2ccc(F)c(-c3cnnn3C)c2C1. The molecule has 0 fully saturated rings. The van der Waals surface area contributed by atoms with Gasteiger partial charge in [0.15, 0.2) is 0 Å². The number of halogens is 1. The molecule has 6 heteroatoms. The zero-order chi connectivity index (χ0) is 15.0. The van der Waals surface area contributed by atoms with E-state index in [0.29, 0.717) is 23.5 Å². The Balaban J connectivity index is 2.18. The number of nitrogens with two attached hydrogens (primary N) is 1. The van der Waals surface area contributed by atoms with Gasteiger partial charge in [0.2, 0.25) is 0 Å². The van der Waals surface area contributed by atoms with E-state index in [1.807, 2.05) is 6.20 Å². The van der Waals surface area contributed by atoms with Crippen LogP contribution in [-0.4, -0.2) is 26.4 Å². The maximum absolute atomic E-state index is 14.4. The predicted molar refractivity (Wildman–Crippen MR) is 79.3 cm³/mol. The van der Waals surface area contributed by atoms with Crippen LogP contribution in [0.25, 0.3) is 17.0 Å². The van der Waals surface area contributed by atoms with Gasteiger partial charge in [0, 0.05) is 37.5 Å². The average molecular weight is 287 g/mol. The van der Waals surface area contributed by atoms with Crippen LogP contribution in [0, 0.1) is 5.82 Å². The van der Waals surface area contributed by atoms with Crippen LogP contribution < -0.4 is 5.73 Å². The summed E-state index contributed by atoms with van der Waals surface area (Å²) in [5, 5.41) is 7.75. The third kappa shape index (κ3) is 2.26. The maximum atomic E-state index is 14.4. The molecule has 110 valence electrons. The fourth-order valence-corrected chi connectivity index (χ4v) is 2.79. The number of rotatable bonds is 3. The van der Waals surface area contributed by atoms with E-state index in [1.54, 1.807) is 24.0 Å². The molecule has 2 N–H and O–H groups in total. The van der Waals surface area contributed by atoms with Crippen LogP contribution in [0.3, 0.4) is 0 Å². The molecule has 1 aromatic carbocycles. The molecular formula is C15H18FN5. The molecule has 0 radical (unpaired) electrons. The third-order valence-electron chi connectivity index (χ3n) is 3.74. The molecule has 0 atom stereocenters. The second-order valence-corrected chi connectivity index (χ2v) is 5.25. The molecule has 0 amide bonds. The van der Waals surface area contributed by atoms with Gasteiger partial charge in [0.05, 0.1) is 17.6 Å². The Morgan fingerprint density at radius 1 is 1.38 bits per heavy atom. The second-order valence-electron chi connectivity index (χ2n) is 5.25. The third-order valence-corrected chi connectivity index (χ3v) is 3.74. The highest BCUT2D eigenvalue weighted by Crippen LogP contribution is 2.34. The molecule has 1 aromatic heterocycles. The highest BCUT2D eigenvalue weighted by Gasteiger charge is 2.23. The Morgan fingerprint density at radius 2 is 2.19 bits per heavy atom. The minimum Gasteiger partial charge on any atom is -0.397 e. The van der Waals surface area contributed by atoms with Gasteiger partial charge in [-0.25, -0.2) is 9.07 Å². The normalized spacial score (nSPS) is 14.0. The lowest BCUT2D eigenvalue weighted by Crippen LogP contribution is -2.25. The summed E-state index contributed by atoms with van der Waals surface area (Å²) < 4.78 is 16.0. The van der Waals surface area contributed by atoms with Crippen molar-refractivity contribution in [2.45, 2.75) is 19.9 Å². The minimum absolute atomic E-state index is 0.273. The van der Waals surface area contributed by atoms with Crippen molar-refractivity contribution in [1.82, 2.24) is 19.9 Å². The largest absolute Gasteiger partial charge is 0.397 e. The molecule has 1 aliphatic rings. The van der Waals surface area contributed by atoms with Crippen molar-refractivity contribution in [3.05, 3.63) is 41.5 Å². The van der Waals surface area contributed by atoms with Crippen LogP contribution >= 0.6 is 0 Å².